The molecule has 3 heterocycles. The van der Waals surface area contributed by atoms with Crippen LogP contribution in [0.25, 0.3) is 11.3 Å². The summed E-state index contributed by atoms with van der Waals surface area (Å²) in [5.74, 6) is -0.266. The van der Waals surface area contributed by atoms with E-state index in [9.17, 15) is 13.2 Å². The van der Waals surface area contributed by atoms with Gasteiger partial charge in [0.2, 0.25) is 15.9 Å². The second kappa shape index (κ2) is 8.74. The smallest absolute Gasteiger partial charge is 0.246 e. The summed E-state index contributed by atoms with van der Waals surface area (Å²) < 4.78 is 33.6. The van der Waals surface area contributed by atoms with Crippen molar-refractivity contribution in [2.45, 2.75) is 11.4 Å². The molecule has 1 aliphatic heterocycles. The zero-order valence-corrected chi connectivity index (χ0v) is 17.0. The van der Waals surface area contributed by atoms with Crippen molar-refractivity contribution in [2.75, 3.05) is 31.6 Å². The summed E-state index contributed by atoms with van der Waals surface area (Å²) in [4.78, 5) is 16.7. The molecule has 4 rings (SSSR count). The molecular formula is C20H21N5O4S. The molecule has 1 fully saturated rings. The van der Waals surface area contributed by atoms with E-state index in [0.717, 1.165) is 11.3 Å². The predicted molar refractivity (Wildman–Crippen MR) is 110 cm³/mol. The minimum absolute atomic E-state index is 0.0263. The number of aromatic nitrogens is 3. The molecule has 1 saturated heterocycles. The van der Waals surface area contributed by atoms with Crippen LogP contribution in [0.2, 0.25) is 0 Å². The fourth-order valence-corrected chi connectivity index (χ4v) is 4.62. The van der Waals surface area contributed by atoms with Gasteiger partial charge in [0.25, 0.3) is 0 Å². The Balaban J connectivity index is 1.42. The van der Waals surface area contributed by atoms with E-state index in [0.29, 0.717) is 32.0 Å². The molecule has 10 heteroatoms. The van der Waals surface area contributed by atoms with Crippen LogP contribution in [0.15, 0.2) is 66.0 Å². The molecule has 1 amide bonds. The van der Waals surface area contributed by atoms with Crippen LogP contribution >= 0.6 is 0 Å². The minimum atomic E-state index is -3.56. The fourth-order valence-electron chi connectivity index (χ4n) is 3.21. The van der Waals surface area contributed by atoms with Crippen LogP contribution in [0.1, 0.15) is 0 Å². The number of amides is 1. The summed E-state index contributed by atoms with van der Waals surface area (Å²) in [5.41, 5.74) is 2.23. The van der Waals surface area contributed by atoms with E-state index in [-0.39, 0.29) is 17.3 Å². The Morgan fingerprint density at radius 2 is 1.70 bits per heavy atom. The number of sulfonamides is 1. The van der Waals surface area contributed by atoms with Gasteiger partial charge in [-0.2, -0.15) is 9.40 Å². The Morgan fingerprint density at radius 3 is 2.40 bits per heavy atom. The first kappa shape index (κ1) is 20.2. The van der Waals surface area contributed by atoms with Crippen molar-refractivity contribution in [1.82, 2.24) is 19.1 Å². The molecule has 3 aromatic rings. The first-order valence-corrected chi connectivity index (χ1v) is 10.9. The zero-order chi connectivity index (χ0) is 21.0. The molecule has 1 aromatic carbocycles. The molecule has 0 spiro atoms. The molecule has 0 atom stereocenters. The molecule has 156 valence electrons. The van der Waals surface area contributed by atoms with E-state index >= 15 is 0 Å². The van der Waals surface area contributed by atoms with Gasteiger partial charge < -0.3 is 10.1 Å². The summed E-state index contributed by atoms with van der Waals surface area (Å²) >= 11 is 0. The predicted octanol–water partition coefficient (Wildman–Crippen LogP) is 1.60. The second-order valence-corrected chi connectivity index (χ2v) is 8.64. The molecule has 30 heavy (non-hydrogen) atoms. The lowest BCUT2D eigenvalue weighted by atomic mass is 10.2. The molecule has 0 saturated carbocycles. The van der Waals surface area contributed by atoms with Crippen LogP contribution in [-0.4, -0.2) is 59.7 Å². The van der Waals surface area contributed by atoms with Crippen LogP contribution in [0, 0.1) is 0 Å². The number of carbonyl (C=O) groups is 1. The number of nitrogens with one attached hydrogen (secondary N) is 1. The number of morpholine rings is 1. The molecular weight excluding hydrogens is 406 g/mol. The van der Waals surface area contributed by atoms with Crippen LogP contribution in [0.5, 0.6) is 0 Å². The summed E-state index contributed by atoms with van der Waals surface area (Å²) in [6.07, 6.45) is 4.99. The maximum absolute atomic E-state index is 12.7. The lowest BCUT2D eigenvalue weighted by molar-refractivity contribution is -0.116. The molecule has 0 unspecified atom stereocenters. The molecule has 1 aliphatic rings. The highest BCUT2D eigenvalue weighted by Crippen LogP contribution is 2.20. The third kappa shape index (κ3) is 4.40. The molecule has 1 N–H and O–H groups in total. The lowest BCUT2D eigenvalue weighted by Gasteiger charge is -2.26. The van der Waals surface area contributed by atoms with Gasteiger partial charge in [-0.15, -0.1) is 0 Å². The number of ether oxygens (including phenoxy) is 1. The molecule has 0 radical (unpaired) electrons. The van der Waals surface area contributed by atoms with Crippen molar-refractivity contribution in [2.24, 2.45) is 0 Å². The maximum atomic E-state index is 12.7. The van der Waals surface area contributed by atoms with Crippen molar-refractivity contribution in [1.29, 1.82) is 0 Å². The average molecular weight is 427 g/mol. The number of benzene rings is 1. The number of rotatable bonds is 6. The average Bonchev–Trinajstić information content (AvgIpc) is 3.23. The van der Waals surface area contributed by atoms with Crippen molar-refractivity contribution >= 4 is 21.6 Å². The Labute approximate surface area is 174 Å². The summed E-state index contributed by atoms with van der Waals surface area (Å²) in [5, 5.41) is 6.99. The molecule has 2 aromatic heterocycles. The minimum Gasteiger partial charge on any atom is -0.379 e. The van der Waals surface area contributed by atoms with Crippen LogP contribution in [0.3, 0.4) is 0 Å². The highest BCUT2D eigenvalue weighted by Gasteiger charge is 2.26. The summed E-state index contributed by atoms with van der Waals surface area (Å²) in [6.45, 7) is 1.48. The van der Waals surface area contributed by atoms with Crippen molar-refractivity contribution < 1.29 is 17.9 Å². The molecule has 0 aliphatic carbocycles. The third-order valence-electron chi connectivity index (χ3n) is 4.73. The number of hydrogen-bond acceptors (Lipinski definition) is 6. The van der Waals surface area contributed by atoms with E-state index in [1.54, 1.807) is 35.4 Å². The number of pyridine rings is 1. The van der Waals surface area contributed by atoms with Gasteiger partial charge >= 0.3 is 0 Å². The van der Waals surface area contributed by atoms with Crippen LogP contribution < -0.4 is 5.32 Å². The Bertz CT molecular complexity index is 1110. The van der Waals surface area contributed by atoms with Gasteiger partial charge in [-0.3, -0.25) is 14.5 Å². The maximum Gasteiger partial charge on any atom is 0.246 e. The normalized spacial score (nSPS) is 15.1. The Hall–Kier alpha value is -3.08. The SMILES string of the molecule is O=C(Cn1nccc1-c1ccncc1)Nc1ccc(S(=O)(=O)N2CCOCC2)cc1. The summed E-state index contributed by atoms with van der Waals surface area (Å²) in [6, 6.07) is 11.7. The molecule has 0 bridgehead atoms. The fraction of sp³-hybridized carbons (Fsp3) is 0.250. The third-order valence-corrected chi connectivity index (χ3v) is 6.64. The van der Waals surface area contributed by atoms with E-state index in [1.165, 1.54) is 16.4 Å². The quantitative estimate of drug-likeness (QED) is 0.641. The van der Waals surface area contributed by atoms with Gasteiger partial charge in [0, 0.05) is 42.9 Å². The highest BCUT2D eigenvalue weighted by molar-refractivity contribution is 7.89. The van der Waals surface area contributed by atoms with Crippen LogP contribution in [-0.2, 0) is 26.1 Å². The second-order valence-electron chi connectivity index (χ2n) is 6.70. The number of hydrogen-bond donors (Lipinski definition) is 1. The van der Waals surface area contributed by atoms with Crippen molar-refractivity contribution in [3.63, 3.8) is 0 Å². The number of nitrogens with zero attached hydrogens (tertiary/aromatic N) is 4. The zero-order valence-electron chi connectivity index (χ0n) is 16.1. The van der Waals surface area contributed by atoms with Gasteiger partial charge in [0.15, 0.2) is 0 Å². The van der Waals surface area contributed by atoms with Gasteiger partial charge in [-0.05, 0) is 42.5 Å². The topological polar surface area (TPSA) is 106 Å². The van der Waals surface area contributed by atoms with Gasteiger partial charge in [-0.1, -0.05) is 0 Å². The highest BCUT2D eigenvalue weighted by atomic mass is 32.2. The van der Waals surface area contributed by atoms with E-state index in [4.69, 9.17) is 4.74 Å². The van der Waals surface area contributed by atoms with Gasteiger partial charge in [-0.25, -0.2) is 8.42 Å². The standard InChI is InChI=1S/C20H21N5O4S/c26-20(15-25-19(7-10-22-25)16-5-8-21-9-6-16)23-17-1-3-18(4-2-17)30(27,28)24-11-13-29-14-12-24/h1-10H,11-15H2,(H,23,26). The molecule has 9 nitrogen and oxygen atoms in total. The van der Waals surface area contributed by atoms with E-state index in [1.807, 2.05) is 18.2 Å². The summed E-state index contributed by atoms with van der Waals surface area (Å²) in [7, 11) is -3.56. The van der Waals surface area contributed by atoms with E-state index < -0.39 is 10.0 Å². The monoisotopic (exact) mass is 427 g/mol. The number of anilines is 1. The lowest BCUT2D eigenvalue weighted by Crippen LogP contribution is -2.40. The van der Waals surface area contributed by atoms with Crippen molar-refractivity contribution in [3.8, 4) is 11.3 Å². The number of carbonyl (C=O) groups excluding carboxylic acids is 1. The Morgan fingerprint density at radius 1 is 1.00 bits per heavy atom. The van der Waals surface area contributed by atoms with Crippen molar-refractivity contribution in [3.05, 3.63) is 61.1 Å². The first-order valence-electron chi connectivity index (χ1n) is 9.44. The van der Waals surface area contributed by atoms with E-state index in [2.05, 4.69) is 15.4 Å². The van der Waals surface area contributed by atoms with Gasteiger partial charge in [0.1, 0.15) is 6.54 Å². The van der Waals surface area contributed by atoms with Gasteiger partial charge in [0.05, 0.1) is 23.8 Å². The first-order chi connectivity index (χ1) is 14.5. The largest absolute Gasteiger partial charge is 0.379 e. The Kier molecular flexibility index (Phi) is 5.88. The van der Waals surface area contributed by atoms with Crippen LogP contribution in [0.4, 0.5) is 5.69 Å².